The number of hydrogen-bond acceptors (Lipinski definition) is 8. The fraction of sp³-hybridized carbons (Fsp3) is 0.261. The molecule has 0 spiro atoms. The number of aromatic nitrogens is 2. The van der Waals surface area contributed by atoms with E-state index < -0.39 is 34.5 Å². The predicted octanol–water partition coefficient (Wildman–Crippen LogP) is 5.35. The molecule has 2 aromatic carbocycles. The summed E-state index contributed by atoms with van der Waals surface area (Å²) in [6.45, 7) is 0.454. The number of alkyl halides is 3. The molecular formula is C23H18F5N5O2S. The monoisotopic (exact) mass is 523 g/mol. The van der Waals surface area contributed by atoms with Crippen molar-refractivity contribution >= 4 is 43.1 Å². The molecule has 0 aliphatic rings. The summed E-state index contributed by atoms with van der Waals surface area (Å²) in [6.07, 6.45) is -5.03. The van der Waals surface area contributed by atoms with Crippen LogP contribution in [0.1, 0.15) is 11.1 Å². The number of nitriles is 1. The van der Waals surface area contributed by atoms with Crippen molar-refractivity contribution < 1.29 is 31.4 Å². The van der Waals surface area contributed by atoms with Gasteiger partial charge in [0.05, 0.1) is 29.5 Å². The fourth-order valence-corrected chi connectivity index (χ4v) is 4.85. The zero-order valence-corrected chi connectivity index (χ0v) is 19.9. The van der Waals surface area contributed by atoms with Crippen molar-refractivity contribution in [2.75, 3.05) is 45.1 Å². The van der Waals surface area contributed by atoms with Gasteiger partial charge in [0, 0.05) is 37.0 Å². The first kappa shape index (κ1) is 25.3. The number of thiophene rings is 1. The summed E-state index contributed by atoms with van der Waals surface area (Å²) in [5.74, 6) is -2.14. The third-order valence-corrected chi connectivity index (χ3v) is 6.60. The second-order valence-corrected chi connectivity index (χ2v) is 8.76. The Labute approximate surface area is 205 Å². The minimum atomic E-state index is -5.03. The average molecular weight is 523 g/mol. The molecule has 2 aromatic heterocycles. The first-order chi connectivity index (χ1) is 17.0. The van der Waals surface area contributed by atoms with Gasteiger partial charge >= 0.3 is 12.2 Å². The Hall–Kier alpha value is -3.76. The molecule has 0 radical (unpaired) electrons. The number of nitrogen functional groups attached to an aromatic ring is 1. The highest BCUT2D eigenvalue weighted by atomic mass is 32.1. The van der Waals surface area contributed by atoms with Gasteiger partial charge in [0.2, 0.25) is 0 Å². The van der Waals surface area contributed by atoms with E-state index in [9.17, 15) is 22.8 Å². The van der Waals surface area contributed by atoms with Gasteiger partial charge in [-0.05, 0) is 17.7 Å². The standard InChI is InChI=1S/C23H18F5N5O2S/c1-33(6-7-34-2)21-11-8-13(23(26,27)28)16(17(25)18(11)31-22(32-21)35-3)10-4-5-14(24)19-15(10)12(9-29)20(30)36-19/h4-5,8H,6-7,30H2,1-3H3. The van der Waals surface area contributed by atoms with E-state index in [0.717, 1.165) is 18.2 Å². The normalized spacial score (nSPS) is 11.8. The number of hydrogen-bond donors (Lipinski definition) is 1. The lowest BCUT2D eigenvalue weighted by molar-refractivity contribution is -0.137. The topological polar surface area (TPSA) is 97.3 Å². The molecular weight excluding hydrogens is 505 g/mol. The highest BCUT2D eigenvalue weighted by molar-refractivity contribution is 7.23. The van der Waals surface area contributed by atoms with E-state index in [1.165, 1.54) is 19.1 Å². The lowest BCUT2D eigenvalue weighted by Crippen LogP contribution is -2.24. The Kier molecular flexibility index (Phi) is 6.59. The molecule has 0 saturated carbocycles. The molecule has 0 unspecified atom stereocenters. The van der Waals surface area contributed by atoms with Crippen LogP contribution in [0.3, 0.4) is 0 Å². The van der Waals surface area contributed by atoms with E-state index in [1.807, 2.05) is 0 Å². The maximum Gasteiger partial charge on any atom is 0.417 e. The molecule has 0 aliphatic carbocycles. The van der Waals surface area contributed by atoms with Gasteiger partial charge in [-0.2, -0.15) is 28.4 Å². The van der Waals surface area contributed by atoms with Crippen molar-refractivity contribution in [3.8, 4) is 23.2 Å². The molecule has 188 valence electrons. The molecule has 36 heavy (non-hydrogen) atoms. The number of ether oxygens (including phenoxy) is 2. The van der Waals surface area contributed by atoms with Crippen LogP contribution in [0.25, 0.3) is 32.1 Å². The lowest BCUT2D eigenvalue weighted by Gasteiger charge is -2.22. The quantitative estimate of drug-likeness (QED) is 0.340. The van der Waals surface area contributed by atoms with Gasteiger partial charge in [0.1, 0.15) is 28.2 Å². The second kappa shape index (κ2) is 9.36. The number of anilines is 2. The molecule has 0 aliphatic heterocycles. The Bertz CT molecular complexity index is 1530. The second-order valence-electron chi connectivity index (χ2n) is 7.71. The van der Waals surface area contributed by atoms with Gasteiger partial charge in [-0.25, -0.2) is 8.78 Å². The summed E-state index contributed by atoms with van der Waals surface area (Å²) in [4.78, 5) is 9.59. The van der Waals surface area contributed by atoms with Crippen molar-refractivity contribution in [3.63, 3.8) is 0 Å². The maximum absolute atomic E-state index is 16.1. The zero-order chi connectivity index (χ0) is 26.4. The predicted molar refractivity (Wildman–Crippen MR) is 126 cm³/mol. The molecule has 2 N–H and O–H groups in total. The summed E-state index contributed by atoms with van der Waals surface area (Å²) in [7, 11) is 4.24. The lowest BCUT2D eigenvalue weighted by atomic mass is 9.92. The third kappa shape index (κ3) is 4.12. The van der Waals surface area contributed by atoms with E-state index in [0.29, 0.717) is 11.3 Å². The number of fused-ring (bicyclic) bond motifs is 2. The molecule has 7 nitrogen and oxygen atoms in total. The minimum absolute atomic E-state index is 0.00778. The van der Waals surface area contributed by atoms with Gasteiger partial charge in [-0.15, -0.1) is 11.3 Å². The fourth-order valence-electron chi connectivity index (χ4n) is 3.90. The Balaban J connectivity index is 2.17. The number of rotatable bonds is 6. The van der Waals surface area contributed by atoms with Crippen LogP contribution in [0, 0.1) is 23.0 Å². The van der Waals surface area contributed by atoms with Crippen LogP contribution >= 0.6 is 11.3 Å². The molecule has 0 saturated heterocycles. The van der Waals surface area contributed by atoms with E-state index in [1.54, 1.807) is 13.1 Å². The summed E-state index contributed by atoms with van der Waals surface area (Å²) in [6, 6.07) is 4.15. The highest BCUT2D eigenvalue weighted by Gasteiger charge is 2.38. The van der Waals surface area contributed by atoms with Crippen molar-refractivity contribution in [1.29, 1.82) is 5.26 Å². The SMILES string of the molecule is COCCN(C)c1nc(OC)nc2c(F)c(-c3ccc(F)c4sc(N)c(C#N)c34)c(C(F)(F)F)cc12. The molecule has 4 rings (SSSR count). The molecule has 13 heteroatoms. The molecule has 2 heterocycles. The van der Waals surface area contributed by atoms with Crippen LogP contribution in [0.15, 0.2) is 18.2 Å². The molecule has 0 amide bonds. The third-order valence-electron chi connectivity index (χ3n) is 5.57. The van der Waals surface area contributed by atoms with Gasteiger partial charge in [-0.1, -0.05) is 6.07 Å². The highest BCUT2D eigenvalue weighted by Crippen LogP contribution is 2.47. The van der Waals surface area contributed by atoms with Crippen LogP contribution in [0.5, 0.6) is 6.01 Å². The Morgan fingerprint density at radius 2 is 1.92 bits per heavy atom. The Morgan fingerprint density at radius 1 is 1.19 bits per heavy atom. The number of likely N-dealkylation sites (N-methyl/N-ethyl adjacent to an activating group) is 1. The van der Waals surface area contributed by atoms with Crippen LogP contribution < -0.4 is 15.4 Å². The average Bonchev–Trinajstić information content (AvgIpc) is 3.18. The summed E-state index contributed by atoms with van der Waals surface area (Å²) >= 11 is 0.694. The van der Waals surface area contributed by atoms with E-state index in [-0.39, 0.29) is 56.6 Å². The molecule has 4 aromatic rings. The van der Waals surface area contributed by atoms with Gasteiger partial charge in [0.25, 0.3) is 0 Å². The van der Waals surface area contributed by atoms with Crippen LogP contribution in [0.4, 0.5) is 32.8 Å². The number of methoxy groups -OCH3 is 2. The number of nitrogens with zero attached hydrogens (tertiary/aromatic N) is 4. The van der Waals surface area contributed by atoms with E-state index in [2.05, 4.69) is 9.97 Å². The van der Waals surface area contributed by atoms with Crippen LogP contribution in [-0.2, 0) is 10.9 Å². The molecule has 0 atom stereocenters. The summed E-state index contributed by atoms with van der Waals surface area (Å²) in [5, 5.41) is 9.04. The molecule has 0 bridgehead atoms. The zero-order valence-electron chi connectivity index (χ0n) is 19.1. The van der Waals surface area contributed by atoms with Crippen molar-refractivity contribution in [1.82, 2.24) is 9.97 Å². The van der Waals surface area contributed by atoms with Gasteiger partial charge in [-0.3, -0.25) is 0 Å². The smallest absolute Gasteiger partial charge is 0.417 e. The van der Waals surface area contributed by atoms with Crippen LogP contribution in [0.2, 0.25) is 0 Å². The van der Waals surface area contributed by atoms with Crippen molar-refractivity contribution in [3.05, 3.63) is 41.0 Å². The van der Waals surface area contributed by atoms with Gasteiger partial charge in [0.15, 0.2) is 5.82 Å². The number of halogens is 5. The molecule has 0 fully saturated rings. The van der Waals surface area contributed by atoms with Crippen molar-refractivity contribution in [2.45, 2.75) is 6.18 Å². The summed E-state index contributed by atoms with van der Waals surface area (Å²) < 4.78 is 83.7. The number of benzene rings is 2. The Morgan fingerprint density at radius 3 is 2.53 bits per heavy atom. The number of nitrogens with two attached hydrogens (primary N) is 1. The van der Waals surface area contributed by atoms with Crippen molar-refractivity contribution in [2.24, 2.45) is 0 Å². The van der Waals surface area contributed by atoms with E-state index >= 15 is 4.39 Å². The van der Waals surface area contributed by atoms with Gasteiger partial charge < -0.3 is 20.1 Å². The first-order valence-electron chi connectivity index (χ1n) is 10.3. The van der Waals surface area contributed by atoms with Crippen LogP contribution in [-0.4, -0.2) is 44.4 Å². The first-order valence-corrected chi connectivity index (χ1v) is 11.1. The minimum Gasteiger partial charge on any atom is -0.467 e. The van der Waals surface area contributed by atoms with E-state index in [4.69, 9.17) is 15.2 Å². The maximum atomic E-state index is 16.1. The summed E-state index contributed by atoms with van der Waals surface area (Å²) in [5.41, 5.74) is 2.57. The largest absolute Gasteiger partial charge is 0.467 e.